The predicted molar refractivity (Wildman–Crippen MR) is 80.2 cm³/mol. The van der Waals surface area contributed by atoms with Crippen LogP contribution in [0.4, 0.5) is 10.1 Å². The van der Waals surface area contributed by atoms with Crippen molar-refractivity contribution < 1.29 is 14.0 Å². The minimum absolute atomic E-state index is 0.0820. The van der Waals surface area contributed by atoms with Gasteiger partial charge in [-0.2, -0.15) is 0 Å². The molecular formula is C14H19FN2O2S. The van der Waals surface area contributed by atoms with Gasteiger partial charge >= 0.3 is 0 Å². The van der Waals surface area contributed by atoms with Crippen molar-refractivity contribution >= 4 is 29.3 Å². The molecule has 0 heterocycles. The van der Waals surface area contributed by atoms with E-state index in [1.165, 1.54) is 36.0 Å². The highest BCUT2D eigenvalue weighted by Gasteiger charge is 2.15. The average molecular weight is 298 g/mol. The molecule has 0 spiro atoms. The lowest BCUT2D eigenvalue weighted by molar-refractivity contribution is -0.120. The molecule has 110 valence electrons. The van der Waals surface area contributed by atoms with Crippen LogP contribution in [0.15, 0.2) is 24.3 Å². The zero-order valence-electron chi connectivity index (χ0n) is 11.8. The van der Waals surface area contributed by atoms with Gasteiger partial charge in [-0.15, -0.1) is 11.8 Å². The molecule has 0 aliphatic heterocycles. The second-order valence-corrected chi connectivity index (χ2v) is 6.00. The van der Waals surface area contributed by atoms with Gasteiger partial charge in [0, 0.05) is 11.7 Å². The first-order valence-corrected chi connectivity index (χ1v) is 7.40. The Bertz CT molecular complexity index is 463. The molecule has 20 heavy (non-hydrogen) atoms. The molecule has 0 radical (unpaired) electrons. The van der Waals surface area contributed by atoms with Crippen molar-refractivity contribution in [2.45, 2.75) is 32.1 Å². The summed E-state index contributed by atoms with van der Waals surface area (Å²) in [6.45, 7) is 5.53. The predicted octanol–water partition coefficient (Wildman–Crippen LogP) is 2.41. The molecule has 0 aromatic heterocycles. The van der Waals surface area contributed by atoms with Crippen molar-refractivity contribution in [3.05, 3.63) is 30.1 Å². The van der Waals surface area contributed by atoms with Gasteiger partial charge in [0.1, 0.15) is 5.82 Å². The van der Waals surface area contributed by atoms with Crippen LogP contribution in [0.25, 0.3) is 0 Å². The summed E-state index contributed by atoms with van der Waals surface area (Å²) in [5.41, 5.74) is 0.538. The normalized spacial score (nSPS) is 12.1. The second kappa shape index (κ2) is 7.89. The summed E-state index contributed by atoms with van der Waals surface area (Å²) in [4.78, 5) is 23.3. The highest BCUT2D eigenvalue weighted by molar-refractivity contribution is 8.01. The molecule has 1 unspecified atom stereocenters. The number of hydrogen-bond donors (Lipinski definition) is 2. The molecule has 0 aliphatic rings. The Kier molecular flexibility index (Phi) is 6.51. The average Bonchev–Trinajstić information content (AvgIpc) is 2.38. The summed E-state index contributed by atoms with van der Waals surface area (Å²) in [6, 6.07) is 5.63. The number of benzene rings is 1. The first-order chi connectivity index (χ1) is 9.38. The summed E-state index contributed by atoms with van der Waals surface area (Å²) in [5.74, 6) is -0.480. The number of nitrogens with one attached hydrogen (secondary N) is 2. The zero-order valence-corrected chi connectivity index (χ0v) is 12.6. The maximum Gasteiger partial charge on any atom is 0.234 e. The standard InChI is InChI=1S/C14H19FN2O2S/c1-9(2)16-14(19)10(3)20-8-13(18)17-12-6-4-11(15)5-7-12/h4-7,9-10H,8H2,1-3H3,(H,16,19)(H,17,18). The van der Waals surface area contributed by atoms with Crippen molar-refractivity contribution in [2.75, 3.05) is 11.1 Å². The Morgan fingerprint density at radius 2 is 1.80 bits per heavy atom. The van der Waals surface area contributed by atoms with Gasteiger partial charge in [-0.25, -0.2) is 4.39 Å². The number of rotatable bonds is 6. The quantitative estimate of drug-likeness (QED) is 0.848. The number of hydrogen-bond acceptors (Lipinski definition) is 3. The fraction of sp³-hybridized carbons (Fsp3) is 0.429. The Balaban J connectivity index is 2.36. The molecule has 2 N–H and O–H groups in total. The van der Waals surface area contributed by atoms with Crippen LogP contribution in [-0.2, 0) is 9.59 Å². The van der Waals surface area contributed by atoms with E-state index in [0.29, 0.717) is 5.69 Å². The third-order valence-electron chi connectivity index (χ3n) is 2.39. The lowest BCUT2D eigenvalue weighted by Gasteiger charge is -2.14. The molecule has 0 saturated heterocycles. The summed E-state index contributed by atoms with van der Waals surface area (Å²) in [7, 11) is 0. The van der Waals surface area contributed by atoms with E-state index in [9.17, 15) is 14.0 Å². The van der Waals surface area contributed by atoms with Gasteiger partial charge in [0.05, 0.1) is 11.0 Å². The van der Waals surface area contributed by atoms with Crippen molar-refractivity contribution in [1.82, 2.24) is 5.32 Å². The minimum atomic E-state index is -0.351. The Morgan fingerprint density at radius 1 is 1.20 bits per heavy atom. The van der Waals surface area contributed by atoms with Crippen LogP contribution in [0.1, 0.15) is 20.8 Å². The van der Waals surface area contributed by atoms with Gasteiger partial charge < -0.3 is 10.6 Å². The smallest absolute Gasteiger partial charge is 0.234 e. The molecule has 2 amide bonds. The first-order valence-electron chi connectivity index (χ1n) is 6.36. The topological polar surface area (TPSA) is 58.2 Å². The van der Waals surface area contributed by atoms with Gasteiger partial charge in [-0.05, 0) is 45.0 Å². The fourth-order valence-corrected chi connectivity index (χ4v) is 2.10. The number of halogens is 1. The highest BCUT2D eigenvalue weighted by atomic mass is 32.2. The van der Waals surface area contributed by atoms with Crippen molar-refractivity contribution in [2.24, 2.45) is 0 Å². The number of thioether (sulfide) groups is 1. The van der Waals surface area contributed by atoms with Crippen LogP contribution in [0.3, 0.4) is 0 Å². The third-order valence-corrected chi connectivity index (χ3v) is 3.54. The fourth-order valence-electron chi connectivity index (χ4n) is 1.41. The van der Waals surface area contributed by atoms with E-state index in [1.54, 1.807) is 6.92 Å². The summed E-state index contributed by atoms with van der Waals surface area (Å²) >= 11 is 1.26. The van der Waals surface area contributed by atoms with E-state index in [4.69, 9.17) is 0 Å². The van der Waals surface area contributed by atoms with Crippen LogP contribution in [0.2, 0.25) is 0 Å². The molecule has 1 rings (SSSR count). The van der Waals surface area contributed by atoms with Crippen LogP contribution in [-0.4, -0.2) is 28.9 Å². The molecule has 6 heteroatoms. The monoisotopic (exact) mass is 298 g/mol. The lowest BCUT2D eigenvalue weighted by Crippen LogP contribution is -2.36. The Labute approximate surface area is 122 Å². The molecule has 1 aromatic rings. The van der Waals surface area contributed by atoms with Crippen LogP contribution >= 0.6 is 11.8 Å². The van der Waals surface area contributed by atoms with Crippen molar-refractivity contribution in [1.29, 1.82) is 0 Å². The minimum Gasteiger partial charge on any atom is -0.353 e. The van der Waals surface area contributed by atoms with E-state index in [1.807, 2.05) is 13.8 Å². The Morgan fingerprint density at radius 3 is 2.35 bits per heavy atom. The summed E-state index contributed by atoms with van der Waals surface area (Å²) < 4.78 is 12.7. The molecule has 0 saturated carbocycles. The SMILES string of the molecule is CC(C)NC(=O)C(C)SCC(=O)Nc1ccc(F)cc1. The summed E-state index contributed by atoms with van der Waals surface area (Å²) in [5, 5.41) is 5.14. The number of carbonyl (C=O) groups excluding carboxylic acids is 2. The van der Waals surface area contributed by atoms with E-state index in [-0.39, 0.29) is 34.7 Å². The largest absolute Gasteiger partial charge is 0.353 e. The molecular weight excluding hydrogens is 279 g/mol. The van der Waals surface area contributed by atoms with E-state index in [0.717, 1.165) is 0 Å². The van der Waals surface area contributed by atoms with Crippen molar-refractivity contribution in [3.63, 3.8) is 0 Å². The van der Waals surface area contributed by atoms with E-state index >= 15 is 0 Å². The molecule has 0 fully saturated rings. The number of anilines is 1. The molecule has 1 atom stereocenters. The number of amides is 2. The summed E-state index contributed by atoms with van der Waals surface area (Å²) in [6.07, 6.45) is 0. The van der Waals surface area contributed by atoms with Crippen molar-refractivity contribution in [3.8, 4) is 0 Å². The number of carbonyl (C=O) groups is 2. The van der Waals surface area contributed by atoms with E-state index < -0.39 is 0 Å². The van der Waals surface area contributed by atoms with Gasteiger partial charge in [-0.3, -0.25) is 9.59 Å². The van der Waals surface area contributed by atoms with Crippen LogP contribution < -0.4 is 10.6 Å². The molecule has 0 aliphatic carbocycles. The molecule has 4 nitrogen and oxygen atoms in total. The van der Waals surface area contributed by atoms with Gasteiger partial charge in [0.2, 0.25) is 11.8 Å². The molecule has 1 aromatic carbocycles. The second-order valence-electron chi connectivity index (χ2n) is 4.67. The molecule has 0 bridgehead atoms. The van der Waals surface area contributed by atoms with Gasteiger partial charge in [0.15, 0.2) is 0 Å². The van der Waals surface area contributed by atoms with E-state index in [2.05, 4.69) is 10.6 Å². The first kappa shape index (κ1) is 16.5. The maximum absolute atomic E-state index is 12.7. The van der Waals surface area contributed by atoms with Crippen LogP contribution in [0.5, 0.6) is 0 Å². The maximum atomic E-state index is 12.7. The van der Waals surface area contributed by atoms with Gasteiger partial charge in [0.25, 0.3) is 0 Å². The third kappa shape index (κ3) is 6.06. The highest BCUT2D eigenvalue weighted by Crippen LogP contribution is 2.13. The zero-order chi connectivity index (χ0) is 15.1. The Hall–Kier alpha value is -1.56. The van der Waals surface area contributed by atoms with Gasteiger partial charge in [-0.1, -0.05) is 0 Å². The lowest BCUT2D eigenvalue weighted by atomic mass is 10.3. The van der Waals surface area contributed by atoms with Crippen LogP contribution in [0, 0.1) is 5.82 Å².